The van der Waals surface area contributed by atoms with Gasteiger partial charge in [-0.2, -0.15) is 0 Å². The van der Waals surface area contributed by atoms with Crippen molar-refractivity contribution in [2.24, 2.45) is 0 Å². The lowest BCUT2D eigenvalue weighted by Gasteiger charge is -2.16. The smallest absolute Gasteiger partial charge is 0.0908 e. The van der Waals surface area contributed by atoms with Gasteiger partial charge in [-0.3, -0.25) is 0 Å². The topological polar surface area (TPSA) is 4.44 Å². The lowest BCUT2D eigenvalue weighted by atomic mass is 10.0. The van der Waals surface area contributed by atoms with E-state index in [1.165, 1.54) is 109 Å². The Kier molecular flexibility index (Phi) is 28.8. The minimum Gasteiger partial charge on any atom is -1.00 e. The van der Waals surface area contributed by atoms with Crippen molar-refractivity contribution >= 4 is 23.2 Å². The fourth-order valence-corrected chi connectivity index (χ4v) is 4.10. The van der Waals surface area contributed by atoms with Crippen LogP contribution in [0, 0.1) is 0 Å². The van der Waals surface area contributed by atoms with Crippen LogP contribution in [0.5, 0.6) is 0 Å². The predicted octanol–water partition coefficient (Wildman–Crippen LogP) is 3.61. The van der Waals surface area contributed by atoms with E-state index in [2.05, 4.69) is 6.92 Å². The molecule has 0 heterocycles. The normalized spacial score (nSPS) is 11.1. The second-order valence-electron chi connectivity index (χ2n) is 7.68. The van der Waals surface area contributed by atoms with E-state index < -0.39 is 0 Å². The number of rotatable bonds is 21. The molecule has 0 saturated heterocycles. The Bertz CT molecular complexity index is 233. The van der Waals surface area contributed by atoms with E-state index in [1.54, 1.807) is 4.90 Å². The summed E-state index contributed by atoms with van der Waals surface area (Å²) in [6.45, 7) is 5.67. The highest BCUT2D eigenvalue weighted by Crippen LogP contribution is 2.13. The van der Waals surface area contributed by atoms with Crippen molar-refractivity contribution in [3.05, 3.63) is 0 Å². The van der Waals surface area contributed by atoms with E-state index >= 15 is 0 Å². The third kappa shape index (κ3) is 22.9. The van der Waals surface area contributed by atoms with Crippen LogP contribution in [0.15, 0.2) is 0 Å². The number of halogens is 3. The molecule has 0 aliphatic heterocycles. The van der Waals surface area contributed by atoms with Gasteiger partial charge < -0.3 is 17.3 Å². The number of nitrogens with one attached hydrogen (secondary N) is 1. The quantitative estimate of drug-likeness (QED) is 0.209. The second kappa shape index (κ2) is 25.8. The Hall–Kier alpha value is 0.830. The highest BCUT2D eigenvalue weighted by atomic mass is 35.5. The molecule has 1 N–H and O–H groups in total. The van der Waals surface area contributed by atoms with Crippen molar-refractivity contribution < 1.29 is 17.3 Å². The maximum atomic E-state index is 5.84. The van der Waals surface area contributed by atoms with Crippen molar-refractivity contribution in [1.29, 1.82) is 0 Å². The molecule has 0 aliphatic carbocycles. The number of unbranched alkanes of at least 4 members (excludes halogenated alkanes) is 15. The minimum absolute atomic E-state index is 0. The van der Waals surface area contributed by atoms with Crippen molar-refractivity contribution in [3.8, 4) is 0 Å². The van der Waals surface area contributed by atoms with Gasteiger partial charge in [0.2, 0.25) is 0 Å². The molecular formula is C22H46Cl3N. The molecule has 0 aromatic rings. The molecule has 0 aromatic carbocycles. The van der Waals surface area contributed by atoms with E-state index in [1.807, 2.05) is 0 Å². The van der Waals surface area contributed by atoms with E-state index in [9.17, 15) is 0 Å². The van der Waals surface area contributed by atoms with Crippen molar-refractivity contribution in [1.82, 2.24) is 0 Å². The molecule has 0 unspecified atom stereocenters. The average Bonchev–Trinajstić information content (AvgIpc) is 2.61. The number of hydrogen-bond acceptors (Lipinski definition) is 0. The lowest BCUT2D eigenvalue weighted by molar-refractivity contribution is -0.895. The molecule has 0 saturated carbocycles. The third-order valence-corrected chi connectivity index (χ3v) is 5.66. The zero-order chi connectivity index (χ0) is 18.4. The van der Waals surface area contributed by atoms with Crippen molar-refractivity contribution in [2.75, 3.05) is 31.4 Å². The van der Waals surface area contributed by atoms with Gasteiger partial charge >= 0.3 is 0 Å². The van der Waals surface area contributed by atoms with Crippen molar-refractivity contribution in [2.45, 2.75) is 110 Å². The molecule has 4 heteroatoms. The first-order chi connectivity index (χ1) is 12.3. The zero-order valence-electron chi connectivity index (χ0n) is 17.5. The standard InChI is InChI=1S/C22H45Cl2N.ClH/c1-2-3-4-5-6-7-8-9-10-11-12-13-14-15-16-17-20-25(21-18-23)22-19-24;/h2-22H2,1H3;1H. The van der Waals surface area contributed by atoms with Crippen LogP contribution < -0.4 is 17.3 Å². The van der Waals surface area contributed by atoms with Gasteiger partial charge in [-0.25, -0.2) is 0 Å². The first kappa shape index (κ1) is 29.0. The maximum absolute atomic E-state index is 5.84. The molecule has 0 spiro atoms. The van der Waals surface area contributed by atoms with Gasteiger partial charge in [0.25, 0.3) is 0 Å². The Morgan fingerprint density at radius 1 is 0.462 bits per heavy atom. The van der Waals surface area contributed by atoms with Crippen LogP contribution in [0.25, 0.3) is 0 Å². The van der Waals surface area contributed by atoms with E-state index in [4.69, 9.17) is 23.2 Å². The molecule has 0 rings (SSSR count). The maximum Gasteiger partial charge on any atom is 0.0908 e. The molecule has 0 fully saturated rings. The van der Waals surface area contributed by atoms with Gasteiger partial charge in [0, 0.05) is 0 Å². The van der Waals surface area contributed by atoms with E-state index in [0.29, 0.717) is 0 Å². The van der Waals surface area contributed by atoms with Gasteiger partial charge in [-0.05, 0) is 12.8 Å². The second-order valence-corrected chi connectivity index (χ2v) is 8.44. The Balaban J connectivity index is 0. The van der Waals surface area contributed by atoms with E-state index in [-0.39, 0.29) is 12.4 Å². The van der Waals surface area contributed by atoms with Gasteiger partial charge in [0.15, 0.2) is 0 Å². The van der Waals surface area contributed by atoms with Crippen LogP contribution in [0.3, 0.4) is 0 Å². The molecule has 0 aliphatic rings. The first-order valence-electron chi connectivity index (χ1n) is 11.3. The summed E-state index contributed by atoms with van der Waals surface area (Å²) in [5, 5.41) is 0. The zero-order valence-corrected chi connectivity index (χ0v) is 19.8. The van der Waals surface area contributed by atoms with Gasteiger partial charge in [-0.15, -0.1) is 23.2 Å². The van der Waals surface area contributed by atoms with E-state index in [0.717, 1.165) is 24.8 Å². The van der Waals surface area contributed by atoms with Crippen LogP contribution in [0.4, 0.5) is 0 Å². The average molecular weight is 431 g/mol. The summed E-state index contributed by atoms with van der Waals surface area (Å²) >= 11 is 11.7. The third-order valence-electron chi connectivity index (χ3n) is 5.28. The molecular weight excluding hydrogens is 385 g/mol. The highest BCUT2D eigenvalue weighted by Gasteiger charge is 2.05. The molecule has 0 radical (unpaired) electrons. The Morgan fingerprint density at radius 2 is 0.769 bits per heavy atom. The number of quaternary nitrogens is 1. The largest absolute Gasteiger partial charge is 1.00 e. The molecule has 26 heavy (non-hydrogen) atoms. The summed E-state index contributed by atoms with van der Waals surface area (Å²) in [6, 6.07) is 0. The molecule has 160 valence electrons. The summed E-state index contributed by atoms with van der Waals surface area (Å²) < 4.78 is 0. The minimum atomic E-state index is 0. The Labute approximate surface area is 181 Å². The fraction of sp³-hybridized carbons (Fsp3) is 1.00. The predicted molar refractivity (Wildman–Crippen MR) is 117 cm³/mol. The summed E-state index contributed by atoms with van der Waals surface area (Å²) in [5.41, 5.74) is 0. The van der Waals surface area contributed by atoms with Crippen LogP contribution in [-0.4, -0.2) is 31.4 Å². The van der Waals surface area contributed by atoms with Crippen LogP contribution in [-0.2, 0) is 0 Å². The summed E-state index contributed by atoms with van der Waals surface area (Å²) in [4.78, 5) is 1.58. The van der Waals surface area contributed by atoms with Crippen molar-refractivity contribution in [3.63, 3.8) is 0 Å². The fourth-order valence-electron chi connectivity index (χ4n) is 3.57. The first-order valence-corrected chi connectivity index (χ1v) is 12.4. The highest BCUT2D eigenvalue weighted by molar-refractivity contribution is 6.18. The molecule has 0 bridgehead atoms. The number of hydrogen-bond donors (Lipinski definition) is 1. The summed E-state index contributed by atoms with van der Waals surface area (Å²) in [7, 11) is 0. The van der Waals surface area contributed by atoms with Crippen LogP contribution >= 0.6 is 23.2 Å². The van der Waals surface area contributed by atoms with Crippen LogP contribution in [0.1, 0.15) is 110 Å². The summed E-state index contributed by atoms with van der Waals surface area (Å²) in [6.07, 6.45) is 22.9. The molecule has 0 aromatic heterocycles. The molecule has 0 amide bonds. The van der Waals surface area contributed by atoms with Gasteiger partial charge in [0.05, 0.1) is 31.4 Å². The van der Waals surface area contributed by atoms with Gasteiger partial charge in [0.1, 0.15) is 0 Å². The Morgan fingerprint density at radius 3 is 1.08 bits per heavy atom. The van der Waals surface area contributed by atoms with Crippen LogP contribution in [0.2, 0.25) is 0 Å². The SMILES string of the molecule is CCCCCCCCCCCCCCCCCC[NH+](CCCl)CCCl.[Cl-]. The number of alkyl halides is 2. The molecule has 1 nitrogen and oxygen atoms in total. The lowest BCUT2D eigenvalue weighted by Crippen LogP contribution is -3.12. The van der Waals surface area contributed by atoms with Gasteiger partial charge in [-0.1, -0.05) is 96.8 Å². The molecule has 0 atom stereocenters. The summed E-state index contributed by atoms with van der Waals surface area (Å²) in [5.74, 6) is 1.51. The monoisotopic (exact) mass is 429 g/mol.